The van der Waals surface area contributed by atoms with E-state index < -0.39 is 0 Å². The van der Waals surface area contributed by atoms with Crippen LogP contribution in [0.5, 0.6) is 0 Å². The molecule has 1 aliphatic carbocycles. The first-order valence-corrected chi connectivity index (χ1v) is 8.03. The molecule has 20 heavy (non-hydrogen) atoms. The molecule has 1 aliphatic heterocycles. The van der Waals surface area contributed by atoms with Crippen LogP contribution in [0.25, 0.3) is 0 Å². The van der Waals surface area contributed by atoms with Crippen molar-refractivity contribution in [1.29, 1.82) is 0 Å². The highest BCUT2D eigenvalue weighted by Gasteiger charge is 2.36. The molecule has 0 unspecified atom stereocenters. The number of furan rings is 1. The van der Waals surface area contributed by atoms with Gasteiger partial charge in [0, 0.05) is 31.3 Å². The molecule has 110 valence electrons. The third kappa shape index (κ3) is 2.92. The third-order valence-electron chi connectivity index (χ3n) is 4.87. The monoisotopic (exact) mass is 275 g/mol. The molecule has 3 nitrogen and oxygen atoms in total. The summed E-state index contributed by atoms with van der Waals surface area (Å²) in [7, 11) is 0. The van der Waals surface area contributed by atoms with Crippen molar-refractivity contribution in [3.63, 3.8) is 0 Å². The molecular weight excluding hydrogens is 250 g/mol. The standard InChI is InChI=1S/C17H25NO2/c1-12-11-15(12)16-8-6-14(20-16)7-9-17(19)18-10-4-3-5-13(18)2/h6,8,12-13,15H,3-5,7,9-11H2,1-2H3/t12-,13-,15+/m1/s1. The molecule has 1 aromatic heterocycles. The highest BCUT2D eigenvalue weighted by atomic mass is 16.3. The molecule has 1 saturated carbocycles. The van der Waals surface area contributed by atoms with Crippen LogP contribution in [0.3, 0.4) is 0 Å². The SMILES string of the molecule is C[C@@H]1C[C@@H]1c1ccc(CCC(=O)N2CCCC[C@H]2C)o1. The largest absolute Gasteiger partial charge is 0.466 e. The maximum absolute atomic E-state index is 12.3. The third-order valence-corrected chi connectivity index (χ3v) is 4.87. The number of piperidine rings is 1. The van der Waals surface area contributed by atoms with Crippen LogP contribution in [0.4, 0.5) is 0 Å². The van der Waals surface area contributed by atoms with Crippen LogP contribution in [0, 0.1) is 5.92 Å². The maximum atomic E-state index is 12.3. The van der Waals surface area contributed by atoms with Crippen LogP contribution in [-0.4, -0.2) is 23.4 Å². The van der Waals surface area contributed by atoms with E-state index in [9.17, 15) is 4.79 Å². The molecule has 2 heterocycles. The Hall–Kier alpha value is -1.25. The molecule has 3 heteroatoms. The van der Waals surface area contributed by atoms with Gasteiger partial charge in [-0.25, -0.2) is 0 Å². The van der Waals surface area contributed by atoms with Gasteiger partial charge < -0.3 is 9.32 Å². The number of carbonyl (C=O) groups excluding carboxylic acids is 1. The molecule has 0 aromatic carbocycles. The highest BCUT2D eigenvalue weighted by molar-refractivity contribution is 5.76. The Labute approximate surface area is 121 Å². The van der Waals surface area contributed by atoms with Crippen LogP contribution < -0.4 is 0 Å². The van der Waals surface area contributed by atoms with E-state index in [-0.39, 0.29) is 5.91 Å². The molecule has 1 saturated heterocycles. The summed E-state index contributed by atoms with van der Waals surface area (Å²) in [4.78, 5) is 14.3. The van der Waals surface area contributed by atoms with Crippen LogP contribution in [0.15, 0.2) is 16.5 Å². The predicted molar refractivity (Wildman–Crippen MR) is 78.6 cm³/mol. The van der Waals surface area contributed by atoms with Crippen LogP contribution in [0.2, 0.25) is 0 Å². The summed E-state index contributed by atoms with van der Waals surface area (Å²) in [5.41, 5.74) is 0. The zero-order valence-corrected chi connectivity index (χ0v) is 12.6. The van der Waals surface area contributed by atoms with E-state index >= 15 is 0 Å². The van der Waals surface area contributed by atoms with E-state index in [2.05, 4.69) is 24.8 Å². The normalized spacial score (nSPS) is 29.5. The minimum atomic E-state index is 0.287. The van der Waals surface area contributed by atoms with E-state index in [1.54, 1.807) is 0 Å². The smallest absolute Gasteiger partial charge is 0.223 e. The lowest BCUT2D eigenvalue weighted by atomic mass is 10.0. The minimum absolute atomic E-state index is 0.287. The van der Waals surface area contributed by atoms with E-state index in [1.807, 2.05) is 6.07 Å². The Morgan fingerprint density at radius 2 is 2.15 bits per heavy atom. The van der Waals surface area contributed by atoms with Crippen molar-refractivity contribution in [3.05, 3.63) is 23.7 Å². The van der Waals surface area contributed by atoms with Crippen molar-refractivity contribution in [2.45, 2.75) is 64.3 Å². The Morgan fingerprint density at radius 3 is 2.85 bits per heavy atom. The van der Waals surface area contributed by atoms with Gasteiger partial charge in [-0.2, -0.15) is 0 Å². The lowest BCUT2D eigenvalue weighted by molar-refractivity contribution is -0.134. The fourth-order valence-corrected chi connectivity index (χ4v) is 3.29. The van der Waals surface area contributed by atoms with Gasteiger partial charge in [-0.05, 0) is 50.7 Å². The molecule has 0 bridgehead atoms. The van der Waals surface area contributed by atoms with Gasteiger partial charge in [0.2, 0.25) is 5.91 Å². The summed E-state index contributed by atoms with van der Waals surface area (Å²) in [6.07, 6.45) is 6.13. The molecule has 1 aromatic rings. The van der Waals surface area contributed by atoms with Crippen LogP contribution >= 0.6 is 0 Å². The fourth-order valence-electron chi connectivity index (χ4n) is 3.29. The number of hydrogen-bond acceptors (Lipinski definition) is 2. The minimum Gasteiger partial charge on any atom is -0.466 e. The first-order valence-electron chi connectivity index (χ1n) is 8.03. The molecule has 1 amide bonds. The molecule has 3 rings (SSSR count). The summed E-state index contributed by atoms with van der Waals surface area (Å²) in [6, 6.07) is 4.56. The molecule has 2 aliphatic rings. The fraction of sp³-hybridized carbons (Fsp3) is 0.706. The van der Waals surface area contributed by atoms with Crippen molar-refractivity contribution in [2.75, 3.05) is 6.54 Å². The van der Waals surface area contributed by atoms with E-state index in [1.165, 1.54) is 12.8 Å². The zero-order valence-electron chi connectivity index (χ0n) is 12.6. The van der Waals surface area contributed by atoms with E-state index in [0.29, 0.717) is 18.4 Å². The highest BCUT2D eigenvalue weighted by Crippen LogP contribution is 2.47. The lowest BCUT2D eigenvalue weighted by Crippen LogP contribution is -2.42. The van der Waals surface area contributed by atoms with Crippen molar-refractivity contribution >= 4 is 5.91 Å². The topological polar surface area (TPSA) is 33.5 Å². The van der Waals surface area contributed by atoms with Gasteiger partial charge in [-0.1, -0.05) is 6.92 Å². The second-order valence-corrected chi connectivity index (χ2v) is 6.56. The molecule has 0 radical (unpaired) electrons. The summed E-state index contributed by atoms with van der Waals surface area (Å²) < 4.78 is 5.87. The quantitative estimate of drug-likeness (QED) is 0.838. The molecule has 0 spiro atoms. The Morgan fingerprint density at radius 1 is 1.35 bits per heavy atom. The number of amides is 1. The summed E-state index contributed by atoms with van der Waals surface area (Å²) >= 11 is 0. The number of hydrogen-bond donors (Lipinski definition) is 0. The molecule has 3 atom stereocenters. The first kappa shape index (κ1) is 13.7. The van der Waals surface area contributed by atoms with Crippen molar-refractivity contribution in [3.8, 4) is 0 Å². The average Bonchev–Trinajstić information content (AvgIpc) is 3.00. The summed E-state index contributed by atoms with van der Waals surface area (Å²) in [5, 5.41) is 0. The lowest BCUT2D eigenvalue weighted by Gasteiger charge is -2.33. The molecular formula is C17H25NO2. The van der Waals surface area contributed by atoms with Gasteiger partial charge in [0.15, 0.2) is 0 Å². The second-order valence-electron chi connectivity index (χ2n) is 6.56. The van der Waals surface area contributed by atoms with Crippen molar-refractivity contribution in [2.24, 2.45) is 5.92 Å². The first-order chi connectivity index (χ1) is 9.65. The summed E-state index contributed by atoms with van der Waals surface area (Å²) in [6.45, 7) is 5.35. The van der Waals surface area contributed by atoms with Gasteiger partial charge in [0.1, 0.15) is 11.5 Å². The number of aryl methyl sites for hydroxylation is 1. The van der Waals surface area contributed by atoms with Crippen molar-refractivity contribution < 1.29 is 9.21 Å². The number of rotatable bonds is 4. The second kappa shape index (κ2) is 5.63. The van der Waals surface area contributed by atoms with E-state index in [0.717, 1.165) is 43.2 Å². The molecule has 0 N–H and O–H groups in total. The van der Waals surface area contributed by atoms with Gasteiger partial charge >= 0.3 is 0 Å². The zero-order chi connectivity index (χ0) is 14.1. The maximum Gasteiger partial charge on any atom is 0.223 e. The van der Waals surface area contributed by atoms with Crippen molar-refractivity contribution in [1.82, 2.24) is 4.90 Å². The van der Waals surface area contributed by atoms with Gasteiger partial charge in [-0.3, -0.25) is 4.79 Å². The molecule has 2 fully saturated rings. The number of likely N-dealkylation sites (tertiary alicyclic amines) is 1. The van der Waals surface area contributed by atoms with Gasteiger partial charge in [0.25, 0.3) is 0 Å². The number of carbonyl (C=O) groups is 1. The Balaban J connectivity index is 1.51. The van der Waals surface area contributed by atoms with Crippen LogP contribution in [-0.2, 0) is 11.2 Å². The number of nitrogens with zero attached hydrogens (tertiary/aromatic N) is 1. The predicted octanol–water partition coefficient (Wildman–Crippen LogP) is 3.74. The average molecular weight is 275 g/mol. The van der Waals surface area contributed by atoms with Gasteiger partial charge in [0.05, 0.1) is 0 Å². The van der Waals surface area contributed by atoms with Crippen LogP contribution in [0.1, 0.15) is 63.4 Å². The van der Waals surface area contributed by atoms with Gasteiger partial charge in [-0.15, -0.1) is 0 Å². The van der Waals surface area contributed by atoms with E-state index in [4.69, 9.17) is 4.42 Å². The summed E-state index contributed by atoms with van der Waals surface area (Å²) in [5.74, 6) is 3.77. The Bertz CT molecular complexity index is 479. The Kier molecular flexibility index (Phi) is 3.86.